The van der Waals surface area contributed by atoms with Crippen LogP contribution in [0, 0.1) is 18.2 Å². The van der Waals surface area contributed by atoms with E-state index in [0.717, 1.165) is 11.3 Å². The molecule has 0 aliphatic carbocycles. The lowest BCUT2D eigenvalue weighted by Crippen LogP contribution is -2.36. The number of halogens is 1. The SMILES string of the molecule is Cc1c(-c2cc3cc(NC(=O)O[C@H]4CN(C)C(=O)C4(C)C)ncc3c(N)c2F)cnc2c1NCCO2. The van der Waals surface area contributed by atoms with E-state index in [9.17, 15) is 9.59 Å². The molecule has 1 fully saturated rings. The molecule has 188 valence electrons. The molecule has 10 nitrogen and oxygen atoms in total. The summed E-state index contributed by atoms with van der Waals surface area (Å²) in [5.74, 6) is 0.00522. The predicted molar refractivity (Wildman–Crippen MR) is 133 cm³/mol. The number of nitrogens with zero attached hydrogens (tertiary/aromatic N) is 3. The highest BCUT2D eigenvalue weighted by atomic mass is 19.1. The van der Waals surface area contributed by atoms with Crippen molar-refractivity contribution in [1.82, 2.24) is 14.9 Å². The average molecular weight is 495 g/mol. The van der Waals surface area contributed by atoms with Crippen LogP contribution in [0.5, 0.6) is 5.88 Å². The maximum Gasteiger partial charge on any atom is 0.413 e. The quantitative estimate of drug-likeness (QED) is 0.471. The van der Waals surface area contributed by atoms with E-state index in [0.29, 0.717) is 41.9 Å². The normalized spacial score (nSPS) is 18.4. The van der Waals surface area contributed by atoms with Crippen LogP contribution < -0.4 is 21.1 Å². The number of ether oxygens (including phenoxy) is 2. The highest BCUT2D eigenvalue weighted by Crippen LogP contribution is 2.39. The maximum absolute atomic E-state index is 15.3. The van der Waals surface area contributed by atoms with Crippen molar-refractivity contribution in [3.8, 4) is 17.0 Å². The number of likely N-dealkylation sites (tertiary alicyclic amines) is 1. The first-order valence-corrected chi connectivity index (χ1v) is 11.6. The van der Waals surface area contributed by atoms with Crippen LogP contribution in [0.2, 0.25) is 0 Å². The van der Waals surface area contributed by atoms with Crippen LogP contribution in [-0.2, 0) is 9.53 Å². The zero-order chi connectivity index (χ0) is 25.8. The van der Waals surface area contributed by atoms with Gasteiger partial charge in [-0.15, -0.1) is 0 Å². The van der Waals surface area contributed by atoms with Gasteiger partial charge in [-0.05, 0) is 43.9 Å². The number of anilines is 3. The summed E-state index contributed by atoms with van der Waals surface area (Å²) in [6.45, 7) is 6.77. The number of benzene rings is 1. The average Bonchev–Trinajstić information content (AvgIpc) is 3.04. The first-order valence-electron chi connectivity index (χ1n) is 11.6. The Morgan fingerprint density at radius 2 is 2.08 bits per heavy atom. The van der Waals surface area contributed by atoms with E-state index >= 15 is 4.39 Å². The lowest BCUT2D eigenvalue weighted by Gasteiger charge is -2.23. The second-order valence-electron chi connectivity index (χ2n) is 9.62. The Hall–Kier alpha value is -4.15. The van der Waals surface area contributed by atoms with Gasteiger partial charge < -0.3 is 25.4 Å². The Morgan fingerprint density at radius 1 is 1.31 bits per heavy atom. The van der Waals surface area contributed by atoms with Crippen molar-refractivity contribution in [2.45, 2.75) is 26.9 Å². The zero-order valence-corrected chi connectivity index (χ0v) is 20.4. The van der Waals surface area contributed by atoms with Gasteiger partial charge in [0.2, 0.25) is 11.8 Å². The highest BCUT2D eigenvalue weighted by Gasteiger charge is 2.48. The molecular weight excluding hydrogens is 467 g/mol. The van der Waals surface area contributed by atoms with Gasteiger partial charge in [0.05, 0.1) is 17.6 Å². The molecule has 0 saturated carbocycles. The number of aromatic nitrogens is 2. The van der Waals surface area contributed by atoms with Crippen LogP contribution >= 0.6 is 0 Å². The molecule has 4 heterocycles. The third kappa shape index (κ3) is 3.80. The molecule has 0 radical (unpaired) electrons. The van der Waals surface area contributed by atoms with Gasteiger partial charge in [-0.2, -0.15) is 0 Å². The summed E-state index contributed by atoms with van der Waals surface area (Å²) < 4.78 is 26.4. The van der Waals surface area contributed by atoms with Crippen LogP contribution in [0.25, 0.3) is 21.9 Å². The third-order valence-electron chi connectivity index (χ3n) is 6.86. The first kappa shape index (κ1) is 23.6. The second kappa shape index (κ2) is 8.51. The number of nitrogens with one attached hydrogen (secondary N) is 2. The summed E-state index contributed by atoms with van der Waals surface area (Å²) in [6, 6.07) is 3.24. The van der Waals surface area contributed by atoms with Crippen molar-refractivity contribution < 1.29 is 23.5 Å². The molecule has 1 atom stereocenters. The molecule has 36 heavy (non-hydrogen) atoms. The zero-order valence-electron chi connectivity index (χ0n) is 20.4. The number of fused-ring (bicyclic) bond motifs is 2. The number of nitrogens with two attached hydrogens (primary N) is 1. The number of nitrogen functional groups attached to an aromatic ring is 1. The fourth-order valence-electron chi connectivity index (χ4n) is 4.69. The van der Waals surface area contributed by atoms with E-state index in [1.54, 1.807) is 39.2 Å². The smallest absolute Gasteiger partial charge is 0.413 e. The van der Waals surface area contributed by atoms with Crippen molar-refractivity contribution in [1.29, 1.82) is 0 Å². The Labute approximate surface area is 207 Å². The minimum atomic E-state index is -0.829. The minimum absolute atomic E-state index is 0.0558. The van der Waals surface area contributed by atoms with Crippen LogP contribution in [0.4, 0.5) is 26.4 Å². The number of carbonyl (C=O) groups is 2. The van der Waals surface area contributed by atoms with Gasteiger partial charge in [0, 0.05) is 42.5 Å². The molecule has 2 amide bonds. The van der Waals surface area contributed by atoms with E-state index in [1.165, 1.54) is 11.1 Å². The van der Waals surface area contributed by atoms with Gasteiger partial charge in [0.25, 0.3) is 0 Å². The van der Waals surface area contributed by atoms with Crippen LogP contribution in [0.1, 0.15) is 19.4 Å². The van der Waals surface area contributed by atoms with E-state index in [4.69, 9.17) is 15.2 Å². The van der Waals surface area contributed by atoms with Gasteiger partial charge >= 0.3 is 6.09 Å². The highest BCUT2D eigenvalue weighted by molar-refractivity contribution is 5.99. The molecule has 2 aliphatic rings. The van der Waals surface area contributed by atoms with Gasteiger partial charge in [-0.3, -0.25) is 10.1 Å². The van der Waals surface area contributed by atoms with Crippen molar-refractivity contribution in [3.63, 3.8) is 0 Å². The molecule has 5 rings (SSSR count). The van der Waals surface area contributed by atoms with Crippen LogP contribution in [0.15, 0.2) is 24.5 Å². The number of pyridine rings is 2. The van der Waals surface area contributed by atoms with Gasteiger partial charge in [-0.1, -0.05) is 0 Å². The summed E-state index contributed by atoms with van der Waals surface area (Å²) in [4.78, 5) is 34.9. The molecule has 3 aromatic rings. The Balaban J connectivity index is 1.45. The van der Waals surface area contributed by atoms with E-state index in [2.05, 4.69) is 20.6 Å². The molecule has 0 unspecified atom stereocenters. The summed E-state index contributed by atoms with van der Waals surface area (Å²) in [7, 11) is 1.67. The van der Waals surface area contributed by atoms with Crippen molar-refractivity contribution >= 4 is 40.0 Å². The standard InChI is InChI=1S/C25H27FN6O4/c1-12-15(9-30-22-21(12)28-5-6-35-22)14-7-13-8-18(29-10-16(13)20(27)19(14)26)31-24(34)36-17-11-32(4)23(33)25(17,2)3/h7-10,17,28H,5-6,11,27H2,1-4H3,(H,29,31,34)/t17-/m0/s1. The number of rotatable bonds is 3. The molecule has 4 N–H and O–H groups in total. The lowest BCUT2D eigenvalue weighted by atomic mass is 9.89. The number of hydrogen-bond acceptors (Lipinski definition) is 8. The molecular formula is C25H27FN6O4. The molecule has 11 heteroatoms. The van der Waals surface area contributed by atoms with Gasteiger partial charge in [0.15, 0.2) is 5.82 Å². The number of amides is 2. The monoisotopic (exact) mass is 494 g/mol. The Morgan fingerprint density at radius 3 is 2.81 bits per heavy atom. The van der Waals surface area contributed by atoms with E-state index < -0.39 is 23.4 Å². The topological polar surface area (TPSA) is 132 Å². The fraction of sp³-hybridized carbons (Fsp3) is 0.360. The maximum atomic E-state index is 15.3. The Kier molecular flexibility index (Phi) is 5.57. The van der Waals surface area contributed by atoms with E-state index in [-0.39, 0.29) is 23.0 Å². The minimum Gasteiger partial charge on any atom is -0.474 e. The summed E-state index contributed by atoms with van der Waals surface area (Å²) in [6.07, 6.45) is 1.62. The van der Waals surface area contributed by atoms with Gasteiger partial charge in [-0.25, -0.2) is 19.2 Å². The Bertz CT molecular complexity index is 1410. The summed E-state index contributed by atoms with van der Waals surface area (Å²) >= 11 is 0. The molecule has 1 aromatic carbocycles. The number of hydrogen-bond donors (Lipinski definition) is 3. The molecule has 1 saturated heterocycles. The van der Waals surface area contributed by atoms with Crippen molar-refractivity contribution in [2.24, 2.45) is 5.41 Å². The third-order valence-corrected chi connectivity index (χ3v) is 6.86. The van der Waals surface area contributed by atoms with Crippen molar-refractivity contribution in [3.05, 3.63) is 35.9 Å². The van der Waals surface area contributed by atoms with Crippen LogP contribution in [0.3, 0.4) is 0 Å². The first-order chi connectivity index (χ1) is 17.1. The van der Waals surface area contributed by atoms with Crippen LogP contribution in [-0.4, -0.2) is 59.7 Å². The summed E-state index contributed by atoms with van der Waals surface area (Å²) in [5, 5.41) is 6.83. The van der Waals surface area contributed by atoms with E-state index in [1.807, 2.05) is 6.92 Å². The second-order valence-corrected chi connectivity index (χ2v) is 9.62. The molecule has 0 bridgehead atoms. The largest absolute Gasteiger partial charge is 0.474 e. The fourth-order valence-corrected chi connectivity index (χ4v) is 4.69. The number of likely N-dealkylation sites (N-methyl/N-ethyl adjacent to an activating group) is 1. The van der Waals surface area contributed by atoms with Crippen molar-refractivity contribution in [2.75, 3.05) is 43.1 Å². The predicted octanol–water partition coefficient (Wildman–Crippen LogP) is 3.55. The molecule has 0 spiro atoms. The molecule has 2 aromatic heterocycles. The number of carbonyl (C=O) groups excluding carboxylic acids is 2. The molecule has 2 aliphatic heterocycles. The lowest BCUT2D eigenvalue weighted by molar-refractivity contribution is -0.134. The van der Waals surface area contributed by atoms with Gasteiger partial charge in [0.1, 0.15) is 24.2 Å². The summed E-state index contributed by atoms with van der Waals surface area (Å²) in [5.41, 5.74) is 7.60.